The van der Waals surface area contributed by atoms with Crippen LogP contribution in [-0.4, -0.2) is 37.6 Å². The summed E-state index contributed by atoms with van der Waals surface area (Å²) in [5.74, 6) is 0.124. The zero-order valence-electron chi connectivity index (χ0n) is 17.4. The SMILES string of the molecule is O=C(COc1cccc(Cl)c1)NC[C@H]1CC[C@H](NC(=O)COc2ccc(Cl)c(F)c2)CC1. The van der Waals surface area contributed by atoms with Gasteiger partial charge in [0.2, 0.25) is 0 Å². The molecule has 0 aromatic heterocycles. The molecular formula is C23H25Cl2FN2O4. The lowest BCUT2D eigenvalue weighted by atomic mass is 9.86. The number of hydrogen-bond donors (Lipinski definition) is 2. The molecule has 0 heterocycles. The molecule has 3 rings (SSSR count). The molecule has 2 amide bonds. The van der Waals surface area contributed by atoms with Crippen LogP contribution >= 0.6 is 23.2 Å². The Balaban J connectivity index is 1.29. The minimum atomic E-state index is -0.592. The summed E-state index contributed by atoms with van der Waals surface area (Å²) in [6.45, 7) is 0.316. The van der Waals surface area contributed by atoms with Crippen molar-refractivity contribution in [2.24, 2.45) is 5.92 Å². The van der Waals surface area contributed by atoms with E-state index in [1.807, 2.05) is 0 Å². The Labute approximate surface area is 196 Å². The standard InChI is InChI=1S/C23H25Cl2FN2O4/c24-16-2-1-3-18(10-16)31-13-22(29)27-12-15-4-6-17(7-5-15)28-23(30)14-32-19-8-9-20(25)21(26)11-19/h1-3,8-11,15,17H,4-7,12-14H2,(H,27,29)(H,28,30)/t15-,17-. The van der Waals surface area contributed by atoms with Gasteiger partial charge in [0, 0.05) is 23.7 Å². The van der Waals surface area contributed by atoms with E-state index in [1.54, 1.807) is 24.3 Å². The van der Waals surface area contributed by atoms with Crippen molar-refractivity contribution in [3.63, 3.8) is 0 Å². The number of hydrogen-bond acceptors (Lipinski definition) is 4. The zero-order chi connectivity index (χ0) is 22.9. The van der Waals surface area contributed by atoms with Crippen molar-refractivity contribution in [3.05, 3.63) is 58.3 Å². The first-order valence-electron chi connectivity index (χ1n) is 10.4. The second-order valence-corrected chi connectivity index (χ2v) is 8.54. The molecule has 172 valence electrons. The molecule has 9 heteroatoms. The fraction of sp³-hybridized carbons (Fsp3) is 0.391. The van der Waals surface area contributed by atoms with Crippen LogP contribution < -0.4 is 20.1 Å². The number of benzene rings is 2. The van der Waals surface area contributed by atoms with E-state index in [0.29, 0.717) is 23.2 Å². The van der Waals surface area contributed by atoms with E-state index in [1.165, 1.54) is 12.1 Å². The summed E-state index contributed by atoms with van der Waals surface area (Å²) in [7, 11) is 0. The molecule has 0 bridgehead atoms. The van der Waals surface area contributed by atoms with Gasteiger partial charge in [-0.2, -0.15) is 0 Å². The summed E-state index contributed by atoms with van der Waals surface area (Å²) in [5, 5.41) is 6.39. The maximum Gasteiger partial charge on any atom is 0.258 e. The lowest BCUT2D eigenvalue weighted by Gasteiger charge is -2.29. The predicted octanol–water partition coefficient (Wildman–Crippen LogP) is 4.38. The molecule has 2 aromatic rings. The molecule has 0 aliphatic heterocycles. The number of carbonyl (C=O) groups excluding carboxylic acids is 2. The third kappa shape index (κ3) is 7.88. The van der Waals surface area contributed by atoms with Crippen LogP contribution in [0.15, 0.2) is 42.5 Å². The summed E-state index contributed by atoms with van der Waals surface area (Å²) >= 11 is 11.5. The van der Waals surface area contributed by atoms with E-state index >= 15 is 0 Å². The zero-order valence-corrected chi connectivity index (χ0v) is 18.9. The molecule has 1 fully saturated rings. The maximum atomic E-state index is 13.4. The van der Waals surface area contributed by atoms with E-state index in [4.69, 9.17) is 32.7 Å². The number of halogens is 3. The lowest BCUT2D eigenvalue weighted by molar-refractivity contribution is -0.124. The third-order valence-electron chi connectivity index (χ3n) is 5.23. The first-order valence-corrected chi connectivity index (χ1v) is 11.2. The highest BCUT2D eigenvalue weighted by Gasteiger charge is 2.23. The Morgan fingerprint density at radius 3 is 2.31 bits per heavy atom. The monoisotopic (exact) mass is 482 g/mol. The summed E-state index contributed by atoms with van der Waals surface area (Å²) in [6.07, 6.45) is 3.43. The van der Waals surface area contributed by atoms with Gasteiger partial charge >= 0.3 is 0 Å². The first kappa shape index (κ1) is 24.1. The average molecular weight is 483 g/mol. The molecule has 0 atom stereocenters. The highest BCUT2D eigenvalue weighted by atomic mass is 35.5. The smallest absolute Gasteiger partial charge is 0.258 e. The molecular weight excluding hydrogens is 458 g/mol. The van der Waals surface area contributed by atoms with Crippen molar-refractivity contribution in [2.45, 2.75) is 31.7 Å². The van der Waals surface area contributed by atoms with Crippen molar-refractivity contribution in [1.82, 2.24) is 10.6 Å². The quantitative estimate of drug-likeness (QED) is 0.555. The van der Waals surface area contributed by atoms with Gasteiger partial charge in [-0.25, -0.2) is 4.39 Å². The Kier molecular flexibility index (Phi) is 9.00. The van der Waals surface area contributed by atoms with Crippen molar-refractivity contribution < 1.29 is 23.5 Å². The summed E-state index contributed by atoms with van der Waals surface area (Å²) in [6, 6.07) is 11.0. The van der Waals surface area contributed by atoms with E-state index < -0.39 is 5.82 Å². The lowest BCUT2D eigenvalue weighted by Crippen LogP contribution is -2.42. The van der Waals surface area contributed by atoms with Gasteiger partial charge in [-0.1, -0.05) is 29.3 Å². The van der Waals surface area contributed by atoms with Crippen LogP contribution in [0.1, 0.15) is 25.7 Å². The van der Waals surface area contributed by atoms with E-state index in [0.717, 1.165) is 31.7 Å². The molecule has 0 radical (unpaired) electrons. The third-order valence-corrected chi connectivity index (χ3v) is 5.77. The Hall–Kier alpha value is -2.51. The van der Waals surface area contributed by atoms with Gasteiger partial charge in [0.15, 0.2) is 13.2 Å². The van der Waals surface area contributed by atoms with Crippen LogP contribution in [-0.2, 0) is 9.59 Å². The van der Waals surface area contributed by atoms with Crippen molar-refractivity contribution >= 4 is 35.0 Å². The molecule has 1 aliphatic carbocycles. The molecule has 2 aromatic carbocycles. The van der Waals surface area contributed by atoms with Gasteiger partial charge in [-0.3, -0.25) is 9.59 Å². The largest absolute Gasteiger partial charge is 0.484 e. The highest BCUT2D eigenvalue weighted by molar-refractivity contribution is 6.31. The average Bonchev–Trinajstić information content (AvgIpc) is 2.78. The summed E-state index contributed by atoms with van der Waals surface area (Å²) in [5.41, 5.74) is 0. The van der Waals surface area contributed by atoms with Gasteiger partial charge in [0.25, 0.3) is 11.8 Å². The minimum absolute atomic E-state index is 0.00313. The molecule has 6 nitrogen and oxygen atoms in total. The summed E-state index contributed by atoms with van der Waals surface area (Å²) in [4.78, 5) is 24.1. The fourth-order valence-corrected chi connectivity index (χ4v) is 3.81. The number of amides is 2. The summed E-state index contributed by atoms with van der Waals surface area (Å²) < 4.78 is 24.2. The van der Waals surface area contributed by atoms with Crippen molar-refractivity contribution in [1.29, 1.82) is 0 Å². The van der Waals surface area contributed by atoms with E-state index in [9.17, 15) is 14.0 Å². The molecule has 2 N–H and O–H groups in total. The molecule has 0 unspecified atom stereocenters. The Morgan fingerprint density at radius 1 is 0.938 bits per heavy atom. The second-order valence-electron chi connectivity index (χ2n) is 7.70. The predicted molar refractivity (Wildman–Crippen MR) is 121 cm³/mol. The molecule has 0 saturated heterocycles. The van der Waals surface area contributed by atoms with E-state index in [2.05, 4.69) is 10.6 Å². The minimum Gasteiger partial charge on any atom is -0.484 e. The second kappa shape index (κ2) is 11.9. The molecule has 1 saturated carbocycles. The molecule has 0 spiro atoms. The van der Waals surface area contributed by atoms with Crippen LogP contribution in [0.3, 0.4) is 0 Å². The maximum absolute atomic E-state index is 13.4. The number of nitrogens with one attached hydrogen (secondary N) is 2. The van der Waals surface area contributed by atoms with Crippen LogP contribution in [0, 0.1) is 11.7 Å². The van der Waals surface area contributed by atoms with Crippen LogP contribution in [0.2, 0.25) is 10.0 Å². The van der Waals surface area contributed by atoms with E-state index in [-0.39, 0.29) is 41.8 Å². The first-order chi connectivity index (χ1) is 15.4. The van der Waals surface area contributed by atoms with Crippen LogP contribution in [0.25, 0.3) is 0 Å². The number of carbonyl (C=O) groups is 2. The normalized spacial score (nSPS) is 18.0. The van der Waals surface area contributed by atoms with Crippen LogP contribution in [0.5, 0.6) is 11.5 Å². The van der Waals surface area contributed by atoms with Gasteiger partial charge in [0.05, 0.1) is 5.02 Å². The van der Waals surface area contributed by atoms with Gasteiger partial charge in [-0.15, -0.1) is 0 Å². The van der Waals surface area contributed by atoms with Crippen molar-refractivity contribution in [2.75, 3.05) is 19.8 Å². The Bertz CT molecular complexity index is 936. The van der Waals surface area contributed by atoms with Gasteiger partial charge < -0.3 is 20.1 Å². The topological polar surface area (TPSA) is 76.7 Å². The number of rotatable bonds is 9. The molecule has 32 heavy (non-hydrogen) atoms. The van der Waals surface area contributed by atoms with Gasteiger partial charge in [0.1, 0.15) is 17.3 Å². The highest BCUT2D eigenvalue weighted by Crippen LogP contribution is 2.24. The van der Waals surface area contributed by atoms with Crippen LogP contribution in [0.4, 0.5) is 4.39 Å². The number of ether oxygens (including phenoxy) is 2. The van der Waals surface area contributed by atoms with Crippen molar-refractivity contribution in [3.8, 4) is 11.5 Å². The Morgan fingerprint density at radius 2 is 1.62 bits per heavy atom. The van der Waals surface area contributed by atoms with Gasteiger partial charge in [-0.05, 0) is 61.9 Å². The molecule has 1 aliphatic rings. The fourth-order valence-electron chi connectivity index (χ4n) is 3.51.